The van der Waals surface area contributed by atoms with Crippen LogP contribution >= 0.6 is 0 Å². The first-order chi connectivity index (χ1) is 8.59. The van der Waals surface area contributed by atoms with Gasteiger partial charge in [0.2, 0.25) is 0 Å². The van der Waals surface area contributed by atoms with Crippen LogP contribution in [0.5, 0.6) is 0 Å². The molecule has 1 unspecified atom stereocenters. The van der Waals surface area contributed by atoms with E-state index < -0.39 is 0 Å². The van der Waals surface area contributed by atoms with Crippen molar-refractivity contribution in [2.45, 2.75) is 19.8 Å². The molecule has 0 saturated heterocycles. The Labute approximate surface area is 105 Å². The van der Waals surface area contributed by atoms with Gasteiger partial charge in [0, 0.05) is 11.8 Å². The topological polar surface area (TPSA) is 30.0 Å². The van der Waals surface area contributed by atoms with Crippen molar-refractivity contribution in [1.82, 2.24) is 4.98 Å². The number of carbonyl (C=O) groups is 1. The van der Waals surface area contributed by atoms with Crippen molar-refractivity contribution in [2.75, 3.05) is 0 Å². The lowest BCUT2D eigenvalue weighted by atomic mass is 9.95. The molecule has 0 amide bonds. The summed E-state index contributed by atoms with van der Waals surface area (Å²) < 4.78 is 13.2. The van der Waals surface area contributed by atoms with Gasteiger partial charge in [0.25, 0.3) is 0 Å². The van der Waals surface area contributed by atoms with E-state index in [0.29, 0.717) is 11.1 Å². The third-order valence-corrected chi connectivity index (χ3v) is 2.97. The third-order valence-electron chi connectivity index (χ3n) is 2.97. The first-order valence-electron chi connectivity index (χ1n) is 5.81. The summed E-state index contributed by atoms with van der Waals surface area (Å²) in [6, 6.07) is 9.90. The Hall–Kier alpha value is -2.03. The molecule has 0 aliphatic rings. The molecule has 1 heterocycles. The summed E-state index contributed by atoms with van der Waals surface area (Å²) in [7, 11) is 0. The van der Waals surface area contributed by atoms with Crippen molar-refractivity contribution < 1.29 is 9.18 Å². The Kier molecular flexibility index (Phi) is 3.51. The van der Waals surface area contributed by atoms with Crippen molar-refractivity contribution >= 4 is 5.78 Å². The molecule has 0 saturated carbocycles. The van der Waals surface area contributed by atoms with E-state index in [9.17, 15) is 9.18 Å². The number of pyridine rings is 1. The largest absolute Gasteiger partial charge is 0.293 e. The van der Waals surface area contributed by atoms with Crippen molar-refractivity contribution in [3.8, 4) is 0 Å². The van der Waals surface area contributed by atoms with Crippen molar-refractivity contribution in [3.05, 3.63) is 65.2 Å². The number of rotatable bonds is 3. The second-order valence-corrected chi connectivity index (χ2v) is 4.30. The standard InChI is InChI=1S/C15H14FNO/c1-10-9-12(6-7-13(10)16)15(18)11(2)14-5-3-4-8-17-14/h3-9,11H,1-2H3. The summed E-state index contributed by atoms with van der Waals surface area (Å²) in [5.74, 6) is -0.662. The average molecular weight is 243 g/mol. The van der Waals surface area contributed by atoms with Crippen LogP contribution in [-0.2, 0) is 0 Å². The zero-order chi connectivity index (χ0) is 13.1. The molecule has 2 aromatic rings. The highest BCUT2D eigenvalue weighted by Gasteiger charge is 2.18. The van der Waals surface area contributed by atoms with Crippen molar-refractivity contribution in [1.29, 1.82) is 0 Å². The predicted molar refractivity (Wildman–Crippen MR) is 68.1 cm³/mol. The predicted octanol–water partition coefficient (Wildman–Crippen LogP) is 3.52. The maximum Gasteiger partial charge on any atom is 0.171 e. The number of halogens is 1. The van der Waals surface area contributed by atoms with Gasteiger partial charge >= 0.3 is 0 Å². The average Bonchev–Trinajstić information content (AvgIpc) is 2.41. The minimum absolute atomic E-state index is 0.0446. The lowest BCUT2D eigenvalue weighted by Gasteiger charge is -2.10. The van der Waals surface area contributed by atoms with E-state index in [1.54, 1.807) is 19.2 Å². The number of ketones is 1. The summed E-state index contributed by atoms with van der Waals surface area (Å²) in [5.41, 5.74) is 1.73. The second-order valence-electron chi connectivity index (χ2n) is 4.30. The summed E-state index contributed by atoms with van der Waals surface area (Å²) in [4.78, 5) is 16.4. The zero-order valence-corrected chi connectivity index (χ0v) is 10.4. The monoisotopic (exact) mass is 243 g/mol. The van der Waals surface area contributed by atoms with E-state index in [-0.39, 0.29) is 17.5 Å². The summed E-state index contributed by atoms with van der Waals surface area (Å²) in [6.45, 7) is 3.46. The smallest absolute Gasteiger partial charge is 0.171 e. The fraction of sp³-hybridized carbons (Fsp3) is 0.200. The molecular weight excluding hydrogens is 229 g/mol. The van der Waals surface area contributed by atoms with Crippen LogP contribution in [0.2, 0.25) is 0 Å². The van der Waals surface area contributed by atoms with Crippen LogP contribution in [-0.4, -0.2) is 10.8 Å². The maximum absolute atomic E-state index is 13.2. The number of hydrogen-bond donors (Lipinski definition) is 0. The summed E-state index contributed by atoms with van der Waals surface area (Å²) >= 11 is 0. The Bertz CT molecular complexity index is 566. The van der Waals surface area contributed by atoms with Gasteiger partial charge < -0.3 is 0 Å². The molecule has 2 nitrogen and oxygen atoms in total. The van der Waals surface area contributed by atoms with Crippen LogP contribution in [0.1, 0.15) is 34.5 Å². The van der Waals surface area contributed by atoms with Crippen LogP contribution in [0, 0.1) is 12.7 Å². The first-order valence-corrected chi connectivity index (χ1v) is 5.81. The van der Waals surface area contributed by atoms with Gasteiger partial charge in [-0.1, -0.05) is 6.07 Å². The van der Waals surface area contributed by atoms with Crippen LogP contribution in [0.3, 0.4) is 0 Å². The molecule has 92 valence electrons. The van der Waals surface area contributed by atoms with Gasteiger partial charge in [-0.3, -0.25) is 9.78 Å². The number of aromatic nitrogens is 1. The number of carbonyl (C=O) groups excluding carboxylic acids is 1. The van der Waals surface area contributed by atoms with Crippen LogP contribution in [0.4, 0.5) is 4.39 Å². The minimum Gasteiger partial charge on any atom is -0.293 e. The molecule has 1 atom stereocenters. The van der Waals surface area contributed by atoms with Gasteiger partial charge in [-0.15, -0.1) is 0 Å². The van der Waals surface area contributed by atoms with Gasteiger partial charge in [-0.2, -0.15) is 0 Å². The van der Waals surface area contributed by atoms with E-state index in [4.69, 9.17) is 0 Å². The molecule has 0 bridgehead atoms. The van der Waals surface area contributed by atoms with Crippen LogP contribution < -0.4 is 0 Å². The minimum atomic E-state index is -0.323. The normalized spacial score (nSPS) is 12.2. The van der Waals surface area contributed by atoms with E-state index in [0.717, 1.165) is 5.69 Å². The molecule has 0 aliphatic carbocycles. The highest BCUT2D eigenvalue weighted by atomic mass is 19.1. The molecule has 1 aromatic carbocycles. The van der Waals surface area contributed by atoms with E-state index in [1.807, 2.05) is 25.1 Å². The maximum atomic E-state index is 13.2. The van der Waals surface area contributed by atoms with E-state index in [1.165, 1.54) is 12.1 Å². The third kappa shape index (κ3) is 2.45. The molecule has 0 fully saturated rings. The van der Waals surface area contributed by atoms with Gasteiger partial charge in [0.05, 0.1) is 11.6 Å². The van der Waals surface area contributed by atoms with Crippen LogP contribution in [0.15, 0.2) is 42.6 Å². The quantitative estimate of drug-likeness (QED) is 0.772. The first kappa shape index (κ1) is 12.4. The lowest BCUT2D eigenvalue weighted by Crippen LogP contribution is -2.11. The molecule has 0 aliphatic heterocycles. The Morgan fingerprint density at radius 2 is 2.06 bits per heavy atom. The number of nitrogens with zero attached hydrogens (tertiary/aromatic N) is 1. The molecule has 1 aromatic heterocycles. The van der Waals surface area contributed by atoms with Gasteiger partial charge in [0.1, 0.15) is 5.82 Å². The van der Waals surface area contributed by atoms with Gasteiger partial charge in [-0.25, -0.2) is 4.39 Å². The lowest BCUT2D eigenvalue weighted by molar-refractivity contribution is 0.0964. The SMILES string of the molecule is Cc1cc(C(=O)C(C)c2ccccn2)ccc1F. The molecule has 0 radical (unpaired) electrons. The fourth-order valence-corrected chi connectivity index (χ4v) is 1.81. The number of hydrogen-bond acceptors (Lipinski definition) is 2. The zero-order valence-electron chi connectivity index (χ0n) is 10.4. The molecule has 2 rings (SSSR count). The number of benzene rings is 1. The summed E-state index contributed by atoms with van der Waals surface area (Å²) in [6.07, 6.45) is 1.66. The number of Topliss-reactive ketones (excluding diaryl/α,β-unsaturated/α-hetero) is 1. The van der Waals surface area contributed by atoms with Crippen LogP contribution in [0.25, 0.3) is 0 Å². The number of aryl methyl sites for hydroxylation is 1. The van der Waals surface area contributed by atoms with Crippen molar-refractivity contribution in [3.63, 3.8) is 0 Å². The summed E-state index contributed by atoms with van der Waals surface area (Å²) in [5, 5.41) is 0. The molecule has 0 spiro atoms. The van der Waals surface area contributed by atoms with E-state index >= 15 is 0 Å². The highest BCUT2D eigenvalue weighted by molar-refractivity contribution is 6.00. The molecule has 3 heteroatoms. The second kappa shape index (κ2) is 5.08. The van der Waals surface area contributed by atoms with Gasteiger partial charge in [-0.05, 0) is 49.7 Å². The highest BCUT2D eigenvalue weighted by Crippen LogP contribution is 2.20. The molecule has 18 heavy (non-hydrogen) atoms. The van der Waals surface area contributed by atoms with E-state index in [2.05, 4.69) is 4.98 Å². The Balaban J connectivity index is 2.29. The Morgan fingerprint density at radius 3 is 2.67 bits per heavy atom. The fourth-order valence-electron chi connectivity index (χ4n) is 1.81. The van der Waals surface area contributed by atoms with Crippen molar-refractivity contribution in [2.24, 2.45) is 0 Å². The molecule has 0 N–H and O–H groups in total. The van der Waals surface area contributed by atoms with Gasteiger partial charge in [0.15, 0.2) is 5.78 Å². The molecular formula is C15H14FNO. The Morgan fingerprint density at radius 1 is 1.28 bits per heavy atom.